The molecule has 4 amide bonds. The minimum atomic E-state index is -0.553. The zero-order valence-electron chi connectivity index (χ0n) is 16.9. The first-order chi connectivity index (χ1) is 12.9. The van der Waals surface area contributed by atoms with Gasteiger partial charge in [-0.3, -0.25) is 9.59 Å². The lowest BCUT2D eigenvalue weighted by molar-refractivity contribution is -0.142. The van der Waals surface area contributed by atoms with Crippen molar-refractivity contribution in [3.63, 3.8) is 0 Å². The molecule has 3 aliphatic rings. The average Bonchev–Trinajstić information content (AvgIpc) is 3.30. The number of fused-ring (bicyclic) bond motifs is 1. The molecule has 1 saturated heterocycles. The van der Waals surface area contributed by atoms with Crippen molar-refractivity contribution in [2.45, 2.75) is 71.4 Å². The van der Waals surface area contributed by atoms with Crippen LogP contribution >= 0.6 is 0 Å². The number of nitrogens with one attached hydrogen (secondary N) is 2. The van der Waals surface area contributed by atoms with Crippen molar-refractivity contribution in [2.75, 3.05) is 26.2 Å². The molecular formula is C20H34N4O3. The molecule has 0 spiro atoms. The van der Waals surface area contributed by atoms with Gasteiger partial charge in [0, 0.05) is 45.2 Å². The summed E-state index contributed by atoms with van der Waals surface area (Å²) < 4.78 is 0. The van der Waals surface area contributed by atoms with E-state index in [1.165, 1.54) is 12.8 Å². The second-order valence-corrected chi connectivity index (χ2v) is 8.47. The Hall–Kier alpha value is -1.79. The van der Waals surface area contributed by atoms with Crippen molar-refractivity contribution in [2.24, 2.45) is 11.3 Å². The summed E-state index contributed by atoms with van der Waals surface area (Å²) in [7, 11) is 0. The molecule has 152 valence electrons. The van der Waals surface area contributed by atoms with E-state index in [2.05, 4.69) is 10.6 Å². The van der Waals surface area contributed by atoms with Gasteiger partial charge in [0.1, 0.15) is 0 Å². The van der Waals surface area contributed by atoms with E-state index in [4.69, 9.17) is 0 Å². The second kappa shape index (κ2) is 8.07. The molecule has 3 rings (SSSR count). The number of hydrogen-bond acceptors (Lipinski definition) is 3. The average molecular weight is 379 g/mol. The monoisotopic (exact) mass is 378 g/mol. The molecule has 2 aliphatic carbocycles. The Morgan fingerprint density at radius 2 is 1.70 bits per heavy atom. The van der Waals surface area contributed by atoms with E-state index in [-0.39, 0.29) is 35.8 Å². The highest BCUT2D eigenvalue weighted by atomic mass is 16.2. The van der Waals surface area contributed by atoms with Crippen molar-refractivity contribution < 1.29 is 14.4 Å². The smallest absolute Gasteiger partial charge is 0.315 e. The lowest BCUT2D eigenvalue weighted by Crippen LogP contribution is -2.49. The molecule has 3 atom stereocenters. The van der Waals surface area contributed by atoms with Gasteiger partial charge < -0.3 is 20.4 Å². The van der Waals surface area contributed by atoms with Crippen molar-refractivity contribution in [3.05, 3.63) is 0 Å². The fraction of sp³-hybridized carbons (Fsp3) is 0.850. The summed E-state index contributed by atoms with van der Waals surface area (Å²) in [6, 6.07) is 0.163. The Bertz CT molecular complexity index is 586. The van der Waals surface area contributed by atoms with Crippen LogP contribution in [0.15, 0.2) is 0 Å². The van der Waals surface area contributed by atoms with Crippen LogP contribution in [0.1, 0.15) is 59.3 Å². The quantitative estimate of drug-likeness (QED) is 0.764. The van der Waals surface area contributed by atoms with E-state index < -0.39 is 5.41 Å². The third-order valence-electron chi connectivity index (χ3n) is 6.82. The van der Waals surface area contributed by atoms with Crippen LogP contribution < -0.4 is 10.6 Å². The van der Waals surface area contributed by atoms with Gasteiger partial charge in [0.05, 0.1) is 5.41 Å². The van der Waals surface area contributed by atoms with Crippen molar-refractivity contribution >= 4 is 17.8 Å². The topological polar surface area (TPSA) is 81.8 Å². The minimum absolute atomic E-state index is 0.00924. The number of nitrogens with zero attached hydrogens (tertiary/aromatic N) is 2. The van der Waals surface area contributed by atoms with Gasteiger partial charge in [0.15, 0.2) is 0 Å². The van der Waals surface area contributed by atoms with Gasteiger partial charge in [-0.25, -0.2) is 4.79 Å². The van der Waals surface area contributed by atoms with E-state index in [0.29, 0.717) is 32.6 Å². The van der Waals surface area contributed by atoms with E-state index in [9.17, 15) is 14.4 Å². The van der Waals surface area contributed by atoms with E-state index >= 15 is 0 Å². The molecule has 1 heterocycles. The van der Waals surface area contributed by atoms with Crippen LogP contribution in [0.4, 0.5) is 4.79 Å². The molecule has 0 aromatic rings. The number of amides is 4. The molecule has 7 nitrogen and oxygen atoms in total. The molecule has 27 heavy (non-hydrogen) atoms. The Morgan fingerprint density at radius 1 is 1.07 bits per heavy atom. The molecule has 0 aromatic heterocycles. The zero-order chi connectivity index (χ0) is 19.6. The van der Waals surface area contributed by atoms with Crippen LogP contribution in [0.2, 0.25) is 0 Å². The largest absolute Gasteiger partial charge is 0.343 e. The zero-order valence-corrected chi connectivity index (χ0v) is 16.9. The highest BCUT2D eigenvalue weighted by Gasteiger charge is 2.59. The van der Waals surface area contributed by atoms with E-state index in [1.807, 2.05) is 18.7 Å². The number of hydrogen-bond donors (Lipinski definition) is 2. The number of carbonyl (C=O) groups excluding carboxylic acids is 3. The summed E-state index contributed by atoms with van der Waals surface area (Å²) in [6.07, 6.45) is 5.85. The molecular weight excluding hydrogens is 344 g/mol. The molecule has 0 unspecified atom stereocenters. The van der Waals surface area contributed by atoms with Gasteiger partial charge in [-0.1, -0.05) is 12.8 Å². The van der Waals surface area contributed by atoms with Crippen molar-refractivity contribution in [3.8, 4) is 0 Å². The predicted octanol–water partition coefficient (Wildman–Crippen LogP) is 1.72. The van der Waals surface area contributed by atoms with Gasteiger partial charge in [-0.2, -0.15) is 0 Å². The minimum Gasteiger partial charge on any atom is -0.343 e. The summed E-state index contributed by atoms with van der Waals surface area (Å²) in [5.74, 6) is 0.285. The molecule has 3 fully saturated rings. The molecule has 0 radical (unpaired) electrons. The molecule has 0 aromatic carbocycles. The fourth-order valence-corrected chi connectivity index (χ4v) is 5.36. The Labute approximate surface area is 162 Å². The number of urea groups is 1. The summed E-state index contributed by atoms with van der Waals surface area (Å²) in [4.78, 5) is 41.3. The van der Waals surface area contributed by atoms with Gasteiger partial charge >= 0.3 is 6.03 Å². The maximum absolute atomic E-state index is 13.3. The molecule has 1 aliphatic heterocycles. The number of carbonyl (C=O) groups is 3. The normalized spacial score (nSPS) is 30.3. The SMILES string of the molecule is CCN(CC)C(=O)[C@]12C[C@H](NC(=O)NC3CCCC3)C[C@H]1CN(C(C)=O)C2. The van der Waals surface area contributed by atoms with Crippen LogP contribution in [-0.2, 0) is 9.59 Å². The second-order valence-electron chi connectivity index (χ2n) is 8.47. The van der Waals surface area contributed by atoms with Crippen LogP contribution in [0.3, 0.4) is 0 Å². The van der Waals surface area contributed by atoms with Crippen LogP contribution in [0, 0.1) is 11.3 Å². The third kappa shape index (κ3) is 3.92. The Morgan fingerprint density at radius 3 is 2.30 bits per heavy atom. The van der Waals surface area contributed by atoms with Crippen molar-refractivity contribution in [1.29, 1.82) is 0 Å². The molecule has 0 bridgehead atoms. The third-order valence-corrected chi connectivity index (χ3v) is 6.82. The first kappa shape index (κ1) is 20.0. The Kier molecular flexibility index (Phi) is 5.96. The molecule has 2 N–H and O–H groups in total. The highest BCUT2D eigenvalue weighted by Crippen LogP contribution is 2.50. The van der Waals surface area contributed by atoms with E-state index in [1.54, 1.807) is 11.8 Å². The number of likely N-dealkylation sites (tertiary alicyclic amines) is 1. The molecule has 7 heteroatoms. The summed E-state index contributed by atoms with van der Waals surface area (Å²) in [6.45, 7) is 7.99. The summed E-state index contributed by atoms with van der Waals surface area (Å²) in [5, 5.41) is 6.18. The fourth-order valence-electron chi connectivity index (χ4n) is 5.36. The van der Waals surface area contributed by atoms with Crippen molar-refractivity contribution in [1.82, 2.24) is 20.4 Å². The lowest BCUT2D eigenvalue weighted by atomic mass is 9.79. The summed E-state index contributed by atoms with van der Waals surface area (Å²) >= 11 is 0. The maximum Gasteiger partial charge on any atom is 0.315 e. The standard InChI is InChI=1S/C20H34N4O3/c1-4-23(5-2)18(26)20-11-17(10-15(20)12-24(13-20)14(3)25)22-19(27)21-16-8-6-7-9-16/h15-17H,4-13H2,1-3H3,(H2,21,22,27)/t15-,17+,20-/m0/s1. The first-order valence-corrected chi connectivity index (χ1v) is 10.5. The maximum atomic E-state index is 13.3. The predicted molar refractivity (Wildman–Crippen MR) is 103 cm³/mol. The lowest BCUT2D eigenvalue weighted by Gasteiger charge is -2.33. The number of rotatable bonds is 5. The summed E-state index contributed by atoms with van der Waals surface area (Å²) in [5.41, 5.74) is -0.553. The van der Waals surface area contributed by atoms with Gasteiger partial charge in [0.2, 0.25) is 11.8 Å². The Balaban J connectivity index is 1.69. The van der Waals surface area contributed by atoms with E-state index in [0.717, 1.165) is 19.3 Å². The van der Waals surface area contributed by atoms with Crippen LogP contribution in [0.25, 0.3) is 0 Å². The molecule has 2 saturated carbocycles. The first-order valence-electron chi connectivity index (χ1n) is 10.5. The van der Waals surface area contributed by atoms with Gasteiger partial charge in [-0.15, -0.1) is 0 Å². The van der Waals surface area contributed by atoms with Crippen LogP contribution in [0.5, 0.6) is 0 Å². The van der Waals surface area contributed by atoms with Gasteiger partial charge in [0.25, 0.3) is 0 Å². The van der Waals surface area contributed by atoms with Gasteiger partial charge in [-0.05, 0) is 45.4 Å². The highest BCUT2D eigenvalue weighted by molar-refractivity contribution is 5.86. The van der Waals surface area contributed by atoms with Crippen LogP contribution in [-0.4, -0.2) is 65.9 Å².